The van der Waals surface area contributed by atoms with E-state index in [2.05, 4.69) is 19.2 Å². The maximum atomic E-state index is 13.4. The molecular formula is C20H19F2NO3. The molecule has 2 aromatic carbocycles. The Morgan fingerprint density at radius 2 is 1.81 bits per heavy atom. The van der Waals surface area contributed by atoms with Crippen LogP contribution in [-0.4, -0.2) is 18.5 Å². The molecule has 0 fully saturated rings. The van der Waals surface area contributed by atoms with Gasteiger partial charge in [0.15, 0.2) is 6.61 Å². The standard InChI is InChI=1S/C20H19F2NO3/c1-13(2)15-6-3-14(4-7-15)5-10-20(25)26-12-19(24)23-18-11-16(21)8-9-17(18)22/h3-11,13H,12H2,1-2H3,(H,23,24). The van der Waals surface area contributed by atoms with Crippen LogP contribution in [0.1, 0.15) is 30.9 Å². The maximum Gasteiger partial charge on any atom is 0.331 e. The van der Waals surface area contributed by atoms with E-state index >= 15 is 0 Å². The summed E-state index contributed by atoms with van der Waals surface area (Å²) in [6, 6.07) is 10.4. The molecular weight excluding hydrogens is 340 g/mol. The number of nitrogens with one attached hydrogen (secondary N) is 1. The number of amides is 1. The lowest BCUT2D eigenvalue weighted by molar-refractivity contribution is -0.142. The lowest BCUT2D eigenvalue weighted by Gasteiger charge is -2.06. The molecule has 0 spiro atoms. The average Bonchev–Trinajstić information content (AvgIpc) is 2.61. The average molecular weight is 359 g/mol. The predicted octanol–water partition coefficient (Wildman–Crippen LogP) is 4.28. The molecule has 0 aliphatic rings. The van der Waals surface area contributed by atoms with Crippen LogP contribution < -0.4 is 5.32 Å². The van der Waals surface area contributed by atoms with Crippen molar-refractivity contribution in [3.05, 3.63) is 71.3 Å². The summed E-state index contributed by atoms with van der Waals surface area (Å²) in [5.74, 6) is -2.54. The first-order chi connectivity index (χ1) is 12.3. The molecule has 2 rings (SSSR count). The van der Waals surface area contributed by atoms with Gasteiger partial charge in [-0.05, 0) is 35.3 Å². The Morgan fingerprint density at radius 3 is 2.46 bits per heavy atom. The Balaban J connectivity index is 1.84. The molecule has 1 amide bonds. The zero-order valence-electron chi connectivity index (χ0n) is 14.5. The molecule has 136 valence electrons. The highest BCUT2D eigenvalue weighted by atomic mass is 19.1. The normalized spacial score (nSPS) is 11.0. The quantitative estimate of drug-likeness (QED) is 0.619. The second kappa shape index (κ2) is 8.89. The van der Waals surface area contributed by atoms with E-state index in [9.17, 15) is 18.4 Å². The predicted molar refractivity (Wildman–Crippen MR) is 95.5 cm³/mol. The zero-order valence-corrected chi connectivity index (χ0v) is 14.5. The zero-order chi connectivity index (χ0) is 19.1. The van der Waals surface area contributed by atoms with Crippen molar-refractivity contribution in [2.75, 3.05) is 11.9 Å². The molecule has 0 radical (unpaired) electrons. The minimum atomic E-state index is -0.782. The number of halogens is 2. The van der Waals surface area contributed by atoms with Gasteiger partial charge in [-0.1, -0.05) is 38.1 Å². The van der Waals surface area contributed by atoms with Crippen molar-refractivity contribution in [1.82, 2.24) is 0 Å². The van der Waals surface area contributed by atoms with Crippen LogP contribution >= 0.6 is 0 Å². The van der Waals surface area contributed by atoms with Crippen molar-refractivity contribution >= 4 is 23.6 Å². The fourth-order valence-corrected chi connectivity index (χ4v) is 2.12. The number of esters is 1. The second-order valence-corrected chi connectivity index (χ2v) is 5.93. The smallest absolute Gasteiger partial charge is 0.331 e. The van der Waals surface area contributed by atoms with Gasteiger partial charge in [0.1, 0.15) is 11.6 Å². The van der Waals surface area contributed by atoms with Crippen molar-refractivity contribution in [2.45, 2.75) is 19.8 Å². The highest BCUT2D eigenvalue weighted by Crippen LogP contribution is 2.16. The molecule has 0 bridgehead atoms. The summed E-state index contributed by atoms with van der Waals surface area (Å²) in [6.07, 6.45) is 2.76. The van der Waals surface area contributed by atoms with Crippen LogP contribution in [-0.2, 0) is 14.3 Å². The summed E-state index contributed by atoms with van der Waals surface area (Å²) in [6.45, 7) is 3.57. The molecule has 0 atom stereocenters. The van der Waals surface area contributed by atoms with Crippen molar-refractivity contribution in [2.24, 2.45) is 0 Å². The van der Waals surface area contributed by atoms with Gasteiger partial charge in [-0.2, -0.15) is 0 Å². The van der Waals surface area contributed by atoms with Crippen LogP contribution in [0.3, 0.4) is 0 Å². The minimum Gasteiger partial charge on any atom is -0.452 e. The largest absolute Gasteiger partial charge is 0.452 e. The molecule has 0 saturated heterocycles. The Kier molecular flexibility index (Phi) is 6.60. The monoisotopic (exact) mass is 359 g/mol. The highest BCUT2D eigenvalue weighted by Gasteiger charge is 2.10. The summed E-state index contributed by atoms with van der Waals surface area (Å²) in [5.41, 5.74) is 1.69. The second-order valence-electron chi connectivity index (χ2n) is 5.93. The minimum absolute atomic E-state index is 0.313. The summed E-state index contributed by atoms with van der Waals surface area (Å²) < 4.78 is 31.2. The van der Waals surface area contributed by atoms with Gasteiger partial charge in [-0.15, -0.1) is 0 Å². The third-order valence-corrected chi connectivity index (χ3v) is 3.56. The highest BCUT2D eigenvalue weighted by molar-refractivity contribution is 5.94. The summed E-state index contributed by atoms with van der Waals surface area (Å²) in [5, 5.41) is 2.14. The number of ether oxygens (including phenoxy) is 1. The lowest BCUT2D eigenvalue weighted by atomic mass is 10.0. The van der Waals surface area contributed by atoms with Gasteiger partial charge < -0.3 is 10.1 Å². The van der Waals surface area contributed by atoms with E-state index in [0.717, 1.165) is 23.8 Å². The molecule has 26 heavy (non-hydrogen) atoms. The summed E-state index contributed by atoms with van der Waals surface area (Å²) >= 11 is 0. The fraction of sp³-hybridized carbons (Fsp3) is 0.200. The lowest BCUT2D eigenvalue weighted by Crippen LogP contribution is -2.20. The van der Waals surface area contributed by atoms with E-state index < -0.39 is 30.1 Å². The van der Waals surface area contributed by atoms with Gasteiger partial charge in [0, 0.05) is 12.1 Å². The molecule has 0 aromatic heterocycles. The molecule has 1 N–H and O–H groups in total. The van der Waals surface area contributed by atoms with Gasteiger partial charge in [-0.25, -0.2) is 13.6 Å². The van der Waals surface area contributed by atoms with Crippen LogP contribution in [0.4, 0.5) is 14.5 Å². The van der Waals surface area contributed by atoms with Crippen molar-refractivity contribution in [3.63, 3.8) is 0 Å². The van der Waals surface area contributed by atoms with Crippen LogP contribution in [0.2, 0.25) is 0 Å². The molecule has 0 heterocycles. The van der Waals surface area contributed by atoms with E-state index in [0.29, 0.717) is 5.92 Å². The van der Waals surface area contributed by atoms with Crippen LogP contribution in [0.25, 0.3) is 6.08 Å². The van der Waals surface area contributed by atoms with Gasteiger partial charge >= 0.3 is 5.97 Å². The van der Waals surface area contributed by atoms with Gasteiger partial charge in [0.25, 0.3) is 5.91 Å². The van der Waals surface area contributed by atoms with Gasteiger partial charge in [0.05, 0.1) is 5.69 Å². The topological polar surface area (TPSA) is 55.4 Å². The first kappa shape index (κ1) is 19.3. The Hall–Kier alpha value is -3.02. The first-order valence-corrected chi connectivity index (χ1v) is 8.05. The number of rotatable bonds is 6. The Bertz CT molecular complexity index is 814. The van der Waals surface area contributed by atoms with E-state index in [-0.39, 0.29) is 5.69 Å². The third kappa shape index (κ3) is 5.81. The first-order valence-electron chi connectivity index (χ1n) is 8.05. The summed E-state index contributed by atoms with van der Waals surface area (Å²) in [7, 11) is 0. The molecule has 2 aromatic rings. The Labute approximate surface area is 150 Å². The van der Waals surface area contributed by atoms with E-state index in [4.69, 9.17) is 4.74 Å². The SMILES string of the molecule is CC(C)c1ccc(C=CC(=O)OCC(=O)Nc2cc(F)ccc2F)cc1. The Morgan fingerprint density at radius 1 is 1.12 bits per heavy atom. The fourth-order valence-electron chi connectivity index (χ4n) is 2.12. The van der Waals surface area contributed by atoms with Crippen LogP contribution in [0.15, 0.2) is 48.5 Å². The number of benzene rings is 2. The molecule has 0 aliphatic heterocycles. The molecule has 4 nitrogen and oxygen atoms in total. The molecule has 0 aliphatic carbocycles. The van der Waals surface area contributed by atoms with Crippen LogP contribution in [0.5, 0.6) is 0 Å². The van der Waals surface area contributed by atoms with Crippen LogP contribution in [0, 0.1) is 11.6 Å². The van der Waals surface area contributed by atoms with E-state index in [1.54, 1.807) is 6.08 Å². The number of carbonyl (C=O) groups excluding carboxylic acids is 2. The van der Waals surface area contributed by atoms with Crippen molar-refractivity contribution in [3.8, 4) is 0 Å². The third-order valence-electron chi connectivity index (χ3n) is 3.56. The maximum absolute atomic E-state index is 13.4. The van der Waals surface area contributed by atoms with Crippen molar-refractivity contribution in [1.29, 1.82) is 0 Å². The number of anilines is 1. The van der Waals surface area contributed by atoms with Gasteiger partial charge in [0.2, 0.25) is 0 Å². The molecule has 0 saturated carbocycles. The van der Waals surface area contributed by atoms with E-state index in [1.165, 1.54) is 11.6 Å². The van der Waals surface area contributed by atoms with E-state index in [1.807, 2.05) is 24.3 Å². The van der Waals surface area contributed by atoms with Crippen molar-refractivity contribution < 1.29 is 23.1 Å². The number of hydrogen-bond donors (Lipinski definition) is 1. The molecule has 0 unspecified atom stereocenters. The molecule has 6 heteroatoms. The number of hydrogen-bond acceptors (Lipinski definition) is 3. The van der Waals surface area contributed by atoms with Gasteiger partial charge in [-0.3, -0.25) is 4.79 Å². The number of carbonyl (C=O) groups is 2. The summed E-state index contributed by atoms with van der Waals surface area (Å²) in [4.78, 5) is 23.3.